The molecule has 4 N–H and O–H groups in total. The third-order valence-electron chi connectivity index (χ3n) is 5.78. The Morgan fingerprint density at radius 1 is 1.24 bits per heavy atom. The molecule has 2 aromatic heterocycles. The lowest BCUT2D eigenvalue weighted by Gasteiger charge is -2.39. The van der Waals surface area contributed by atoms with Gasteiger partial charge in [-0.15, -0.1) is 11.3 Å². The molecule has 3 atom stereocenters. The summed E-state index contributed by atoms with van der Waals surface area (Å²) in [5.41, 5.74) is 5.90. The summed E-state index contributed by atoms with van der Waals surface area (Å²) in [7, 11) is -2.02. The van der Waals surface area contributed by atoms with E-state index in [1.54, 1.807) is 41.4 Å². The Kier molecular flexibility index (Phi) is 8.16. The first-order valence-electron chi connectivity index (χ1n) is 11.1. The molecule has 0 spiro atoms. The van der Waals surface area contributed by atoms with Crippen molar-refractivity contribution in [3.8, 4) is 0 Å². The van der Waals surface area contributed by atoms with Crippen molar-refractivity contribution in [2.75, 3.05) is 6.54 Å². The van der Waals surface area contributed by atoms with Gasteiger partial charge in [0.05, 0.1) is 0 Å². The number of piperidine rings is 1. The van der Waals surface area contributed by atoms with E-state index in [0.29, 0.717) is 18.5 Å². The van der Waals surface area contributed by atoms with Crippen molar-refractivity contribution in [1.29, 1.82) is 0 Å². The molecular weight excluding hydrogens is 478 g/mol. The topological polar surface area (TPSA) is 144 Å². The van der Waals surface area contributed by atoms with Crippen molar-refractivity contribution in [3.63, 3.8) is 0 Å². The van der Waals surface area contributed by atoms with Crippen LogP contribution in [-0.4, -0.2) is 60.3 Å². The summed E-state index contributed by atoms with van der Waals surface area (Å²) in [5.74, 6) is -1.43. The lowest BCUT2D eigenvalue weighted by molar-refractivity contribution is -0.131. The molecule has 1 saturated heterocycles. The first kappa shape index (κ1) is 25.9. The average molecular weight is 510 g/mol. The van der Waals surface area contributed by atoms with Gasteiger partial charge in [-0.1, -0.05) is 19.9 Å². The summed E-state index contributed by atoms with van der Waals surface area (Å²) in [6.07, 6.45) is 2.50. The first-order valence-corrected chi connectivity index (χ1v) is 13.4. The molecule has 3 rings (SSSR count). The Bertz CT molecular complexity index is 1130. The molecule has 0 radical (unpaired) electrons. The zero-order valence-corrected chi connectivity index (χ0v) is 21.1. The number of nitrogens with two attached hydrogens (primary N) is 1. The van der Waals surface area contributed by atoms with Crippen molar-refractivity contribution < 1.29 is 22.8 Å². The van der Waals surface area contributed by atoms with Crippen LogP contribution in [0.3, 0.4) is 0 Å². The molecule has 0 bridgehead atoms. The Hall–Kier alpha value is -2.70. The van der Waals surface area contributed by atoms with E-state index in [4.69, 9.17) is 5.73 Å². The number of carbonyl (C=O) groups excluding carboxylic acids is 3. The fraction of sp³-hybridized carbons (Fsp3) is 0.500. The van der Waals surface area contributed by atoms with Crippen LogP contribution in [0.25, 0.3) is 0 Å². The highest BCUT2D eigenvalue weighted by Crippen LogP contribution is 2.24. The van der Waals surface area contributed by atoms with Crippen LogP contribution in [-0.2, 0) is 26.7 Å². The van der Waals surface area contributed by atoms with Gasteiger partial charge in [0.15, 0.2) is 0 Å². The van der Waals surface area contributed by atoms with Gasteiger partial charge in [-0.25, -0.2) is 13.1 Å². The standard InChI is InChI=1S/C22H31N5O5S2/c1-14(2)12-16(20(23)28)24-21(29)18-13-15(25-34(31,32)19-7-5-11-33-19)8-10-27(18)22(30)17-6-4-9-26(17)3/h4-7,9,11,14-16,18,25H,8,10,12-13H2,1-3H3,(H2,23,28)(H,24,29)/t15-,16+,18-/m0/s1. The zero-order valence-electron chi connectivity index (χ0n) is 19.4. The smallest absolute Gasteiger partial charge is 0.271 e. The summed E-state index contributed by atoms with van der Waals surface area (Å²) >= 11 is 1.10. The number of rotatable bonds is 9. The van der Waals surface area contributed by atoms with Crippen molar-refractivity contribution in [3.05, 3.63) is 41.5 Å². The van der Waals surface area contributed by atoms with Crippen LogP contribution in [0, 0.1) is 5.92 Å². The normalized spacial score (nSPS) is 19.7. The fourth-order valence-electron chi connectivity index (χ4n) is 4.07. The van der Waals surface area contributed by atoms with Crippen LogP contribution in [0.15, 0.2) is 40.1 Å². The minimum atomic E-state index is -3.75. The van der Waals surface area contributed by atoms with Gasteiger partial charge in [0.1, 0.15) is 22.0 Å². The Balaban J connectivity index is 1.84. The molecular formula is C22H31N5O5S2. The highest BCUT2D eigenvalue weighted by Gasteiger charge is 2.39. The van der Waals surface area contributed by atoms with Crippen LogP contribution in [0.1, 0.15) is 43.6 Å². The largest absolute Gasteiger partial charge is 0.368 e. The summed E-state index contributed by atoms with van der Waals surface area (Å²) in [6, 6.07) is 4.13. The van der Waals surface area contributed by atoms with Gasteiger partial charge in [-0.2, -0.15) is 0 Å². The van der Waals surface area contributed by atoms with Crippen molar-refractivity contribution >= 4 is 39.1 Å². The van der Waals surface area contributed by atoms with E-state index in [2.05, 4.69) is 10.0 Å². The number of sulfonamides is 1. The number of hydrogen-bond acceptors (Lipinski definition) is 6. The molecule has 3 amide bonds. The monoisotopic (exact) mass is 509 g/mol. The zero-order chi connectivity index (χ0) is 25.0. The highest BCUT2D eigenvalue weighted by molar-refractivity contribution is 7.91. The SMILES string of the molecule is CC(C)C[C@@H](NC(=O)[C@@H]1C[C@@H](NS(=O)(=O)c2cccs2)CCN1C(=O)c1cccn1C)C(N)=O. The molecule has 2 aromatic rings. The molecule has 0 unspecified atom stereocenters. The van der Waals surface area contributed by atoms with E-state index in [1.807, 2.05) is 13.8 Å². The lowest BCUT2D eigenvalue weighted by Crippen LogP contribution is -2.59. The second kappa shape index (κ2) is 10.7. The van der Waals surface area contributed by atoms with Crippen LogP contribution < -0.4 is 15.8 Å². The number of carbonyl (C=O) groups is 3. The van der Waals surface area contributed by atoms with Crippen molar-refractivity contribution in [1.82, 2.24) is 19.5 Å². The minimum Gasteiger partial charge on any atom is -0.368 e. The van der Waals surface area contributed by atoms with Crippen LogP contribution in [0.5, 0.6) is 0 Å². The molecule has 10 nitrogen and oxygen atoms in total. The maximum absolute atomic E-state index is 13.3. The predicted octanol–water partition coefficient (Wildman–Crippen LogP) is 1.05. The number of likely N-dealkylation sites (tertiary alicyclic amines) is 1. The number of nitrogens with one attached hydrogen (secondary N) is 2. The first-order chi connectivity index (χ1) is 16.0. The minimum absolute atomic E-state index is 0.0692. The maximum atomic E-state index is 13.3. The second-order valence-corrected chi connectivity index (χ2v) is 11.8. The number of hydrogen-bond donors (Lipinski definition) is 3. The Labute approximate surface area is 203 Å². The predicted molar refractivity (Wildman–Crippen MR) is 128 cm³/mol. The molecule has 3 heterocycles. The number of amides is 3. The van der Waals surface area contributed by atoms with E-state index in [1.165, 1.54) is 11.0 Å². The van der Waals surface area contributed by atoms with Gasteiger partial charge in [0.2, 0.25) is 21.8 Å². The molecule has 1 fully saturated rings. The summed E-state index contributed by atoms with van der Waals surface area (Å²) in [6.45, 7) is 3.98. The van der Waals surface area contributed by atoms with E-state index >= 15 is 0 Å². The van der Waals surface area contributed by atoms with Gasteiger partial charge >= 0.3 is 0 Å². The van der Waals surface area contributed by atoms with Gasteiger partial charge in [0.25, 0.3) is 5.91 Å². The molecule has 34 heavy (non-hydrogen) atoms. The summed E-state index contributed by atoms with van der Waals surface area (Å²) < 4.78 is 30.0. The van der Waals surface area contributed by atoms with Crippen molar-refractivity contribution in [2.45, 2.75) is 55.4 Å². The molecule has 0 aromatic carbocycles. The molecule has 1 aliphatic rings. The second-order valence-electron chi connectivity index (χ2n) is 8.89. The molecule has 1 aliphatic heterocycles. The number of nitrogens with zero attached hydrogens (tertiary/aromatic N) is 2. The van der Waals surface area contributed by atoms with E-state index in [0.717, 1.165) is 11.3 Å². The van der Waals surface area contributed by atoms with E-state index < -0.39 is 40.0 Å². The Morgan fingerprint density at radius 3 is 2.53 bits per heavy atom. The maximum Gasteiger partial charge on any atom is 0.271 e. The Morgan fingerprint density at radius 2 is 1.97 bits per heavy atom. The quantitative estimate of drug-likeness (QED) is 0.463. The molecule has 12 heteroatoms. The van der Waals surface area contributed by atoms with Crippen LogP contribution >= 0.6 is 11.3 Å². The summed E-state index contributed by atoms with van der Waals surface area (Å²) in [5, 5.41) is 4.36. The third-order valence-corrected chi connectivity index (χ3v) is 8.70. The third kappa shape index (κ3) is 6.05. The average Bonchev–Trinajstić information content (AvgIpc) is 3.44. The van der Waals surface area contributed by atoms with Crippen molar-refractivity contribution in [2.24, 2.45) is 18.7 Å². The molecule has 186 valence electrons. The number of primary amides is 1. The number of aryl methyl sites for hydroxylation is 1. The summed E-state index contributed by atoms with van der Waals surface area (Å²) in [4.78, 5) is 39.9. The van der Waals surface area contributed by atoms with Gasteiger partial charge in [-0.3, -0.25) is 14.4 Å². The van der Waals surface area contributed by atoms with Gasteiger partial charge in [0, 0.05) is 25.8 Å². The lowest BCUT2D eigenvalue weighted by atomic mass is 9.95. The number of aromatic nitrogens is 1. The molecule has 0 aliphatic carbocycles. The van der Waals surface area contributed by atoms with Crippen LogP contribution in [0.2, 0.25) is 0 Å². The van der Waals surface area contributed by atoms with Crippen LogP contribution in [0.4, 0.5) is 0 Å². The molecule has 0 saturated carbocycles. The fourth-order valence-corrected chi connectivity index (χ4v) is 6.37. The highest BCUT2D eigenvalue weighted by atomic mass is 32.2. The van der Waals surface area contributed by atoms with Gasteiger partial charge < -0.3 is 20.5 Å². The van der Waals surface area contributed by atoms with Gasteiger partial charge in [-0.05, 0) is 48.8 Å². The van der Waals surface area contributed by atoms with E-state index in [-0.39, 0.29) is 29.0 Å². The number of thiophene rings is 1. The van der Waals surface area contributed by atoms with E-state index in [9.17, 15) is 22.8 Å².